The summed E-state index contributed by atoms with van der Waals surface area (Å²) in [5.41, 5.74) is 6.92. The minimum atomic E-state index is -0.808. The Morgan fingerprint density at radius 2 is 1.80 bits per heavy atom. The minimum Gasteiger partial charge on any atom is -0.494 e. The lowest BCUT2D eigenvalue weighted by Crippen LogP contribution is -2.52. The van der Waals surface area contributed by atoms with Gasteiger partial charge in [-0.3, -0.25) is 0 Å². The summed E-state index contributed by atoms with van der Waals surface area (Å²) in [6, 6.07) is 2.71. The third-order valence-corrected chi connectivity index (χ3v) is 7.08. The summed E-state index contributed by atoms with van der Waals surface area (Å²) in [5.74, 6) is -0.660. The number of methoxy groups -OCH3 is 2. The van der Waals surface area contributed by atoms with Crippen molar-refractivity contribution in [1.29, 1.82) is 0 Å². The Kier molecular flexibility index (Phi) is 12.0. The van der Waals surface area contributed by atoms with Gasteiger partial charge in [0.25, 0.3) is 0 Å². The standard InChI is InChI=1S/C24H28F2N6O3.C4H10.C2H6/c1-12-6-18(34-3)21(26)19(20(12)25)16-7-13-8-28-24(30-17-11-35-5-4-15(17)27)31-22(13)23(29-16)32-9-14(10-32)33-2;1-3-4-2;1-2/h6-8,14-15,17H,4-5,9-11,27H2,1-3H3,(H,28,30,31);3-4H2,1-2H3;1-2H3. The van der Waals surface area contributed by atoms with Crippen molar-refractivity contribution in [2.24, 2.45) is 5.73 Å². The maximum atomic E-state index is 15.2. The summed E-state index contributed by atoms with van der Waals surface area (Å²) < 4.78 is 46.4. The van der Waals surface area contributed by atoms with Crippen molar-refractivity contribution >= 4 is 22.7 Å². The topological polar surface area (TPSA) is 108 Å². The number of hydrogen-bond acceptors (Lipinski definition) is 9. The molecule has 1 aromatic carbocycles. The number of ether oxygens (including phenoxy) is 3. The van der Waals surface area contributed by atoms with E-state index in [2.05, 4.69) is 29.1 Å². The van der Waals surface area contributed by atoms with Crippen LogP contribution in [-0.2, 0) is 9.47 Å². The van der Waals surface area contributed by atoms with Gasteiger partial charge in [-0.05, 0) is 31.0 Å². The second-order valence-corrected chi connectivity index (χ2v) is 9.90. The summed E-state index contributed by atoms with van der Waals surface area (Å²) in [7, 11) is 2.99. The van der Waals surface area contributed by atoms with E-state index < -0.39 is 11.6 Å². The van der Waals surface area contributed by atoms with Crippen LogP contribution in [0.25, 0.3) is 22.2 Å². The normalized spacial score (nSPS) is 18.5. The van der Waals surface area contributed by atoms with Crippen molar-refractivity contribution in [3.05, 3.63) is 35.5 Å². The fraction of sp³-hybridized carbons (Fsp3) is 0.567. The Hall–Kier alpha value is -3.15. The molecule has 0 radical (unpaired) electrons. The number of fused-ring (bicyclic) bond motifs is 1. The van der Waals surface area contributed by atoms with Crippen molar-refractivity contribution in [3.8, 4) is 17.0 Å². The zero-order chi connectivity index (χ0) is 30.1. The number of rotatable bonds is 7. The fourth-order valence-corrected chi connectivity index (χ4v) is 4.38. The number of pyridine rings is 1. The van der Waals surface area contributed by atoms with Crippen molar-refractivity contribution < 1.29 is 23.0 Å². The minimum absolute atomic E-state index is 0.0415. The average molecular weight is 575 g/mol. The van der Waals surface area contributed by atoms with E-state index in [0.29, 0.717) is 49.0 Å². The van der Waals surface area contributed by atoms with Gasteiger partial charge >= 0.3 is 0 Å². The third kappa shape index (κ3) is 7.38. The third-order valence-electron chi connectivity index (χ3n) is 7.08. The van der Waals surface area contributed by atoms with Crippen LogP contribution in [-0.4, -0.2) is 73.7 Å². The Balaban J connectivity index is 0.000000710. The summed E-state index contributed by atoms with van der Waals surface area (Å²) in [6.45, 7) is 12.2. The highest BCUT2D eigenvalue weighted by molar-refractivity contribution is 5.92. The predicted molar refractivity (Wildman–Crippen MR) is 160 cm³/mol. The lowest BCUT2D eigenvalue weighted by molar-refractivity contribution is 0.0766. The quantitative estimate of drug-likeness (QED) is 0.379. The molecule has 2 aromatic heterocycles. The van der Waals surface area contributed by atoms with Gasteiger partial charge in [0.2, 0.25) is 5.95 Å². The number of aromatic nitrogens is 3. The monoisotopic (exact) mass is 574 g/mol. The Labute approximate surface area is 241 Å². The number of nitrogens with one attached hydrogen (secondary N) is 1. The molecule has 0 saturated carbocycles. The van der Waals surface area contributed by atoms with Crippen LogP contribution in [0.15, 0.2) is 18.3 Å². The molecule has 9 nitrogen and oxygen atoms in total. The first-order chi connectivity index (χ1) is 19.8. The van der Waals surface area contributed by atoms with E-state index in [-0.39, 0.29) is 40.8 Å². The second kappa shape index (κ2) is 15.2. The molecular formula is C30H44F2N6O3. The van der Waals surface area contributed by atoms with Gasteiger partial charge in [0, 0.05) is 44.4 Å². The van der Waals surface area contributed by atoms with Crippen LogP contribution in [0.4, 0.5) is 20.5 Å². The van der Waals surface area contributed by atoms with Gasteiger partial charge in [-0.15, -0.1) is 0 Å². The molecule has 3 N–H and O–H groups in total. The molecule has 2 unspecified atom stereocenters. The highest BCUT2D eigenvalue weighted by atomic mass is 19.1. The number of nitrogens with zero attached hydrogens (tertiary/aromatic N) is 4. The molecule has 2 aliphatic heterocycles. The van der Waals surface area contributed by atoms with Crippen LogP contribution < -0.4 is 20.7 Å². The van der Waals surface area contributed by atoms with Gasteiger partial charge in [-0.25, -0.2) is 23.7 Å². The van der Waals surface area contributed by atoms with E-state index in [1.165, 1.54) is 26.0 Å². The lowest BCUT2D eigenvalue weighted by atomic mass is 10.0. The Morgan fingerprint density at radius 3 is 2.41 bits per heavy atom. The van der Waals surface area contributed by atoms with Crippen molar-refractivity contribution in [1.82, 2.24) is 15.0 Å². The highest BCUT2D eigenvalue weighted by Gasteiger charge is 2.31. The maximum absolute atomic E-state index is 15.2. The molecule has 5 rings (SSSR count). The molecule has 0 aliphatic carbocycles. The summed E-state index contributed by atoms with van der Waals surface area (Å²) in [5, 5.41) is 3.85. The molecule has 2 fully saturated rings. The second-order valence-electron chi connectivity index (χ2n) is 9.90. The molecule has 0 bridgehead atoms. The SMILES string of the molecule is CC.CCCC.COc1cc(C)c(F)c(-c2cc3cnc(NC4COCCC4N)nc3c(N3CC(OC)C3)n2)c1F. The maximum Gasteiger partial charge on any atom is 0.223 e. The van der Waals surface area contributed by atoms with Crippen molar-refractivity contribution in [3.63, 3.8) is 0 Å². The average Bonchev–Trinajstić information content (AvgIpc) is 2.97. The molecule has 41 heavy (non-hydrogen) atoms. The van der Waals surface area contributed by atoms with Gasteiger partial charge < -0.3 is 30.2 Å². The molecule has 11 heteroatoms. The number of benzene rings is 1. The fourth-order valence-electron chi connectivity index (χ4n) is 4.38. The predicted octanol–water partition coefficient (Wildman–Crippen LogP) is 5.48. The first-order valence-corrected chi connectivity index (χ1v) is 14.4. The largest absolute Gasteiger partial charge is 0.494 e. The molecule has 2 aliphatic rings. The van der Waals surface area contributed by atoms with E-state index in [9.17, 15) is 0 Å². The first-order valence-electron chi connectivity index (χ1n) is 14.4. The van der Waals surface area contributed by atoms with Crippen molar-refractivity contribution in [2.75, 3.05) is 50.7 Å². The summed E-state index contributed by atoms with van der Waals surface area (Å²) >= 11 is 0. The molecule has 2 atom stereocenters. The zero-order valence-electron chi connectivity index (χ0n) is 25.3. The van der Waals surface area contributed by atoms with Gasteiger partial charge in [0.15, 0.2) is 17.4 Å². The lowest BCUT2D eigenvalue weighted by Gasteiger charge is -2.39. The number of anilines is 2. The summed E-state index contributed by atoms with van der Waals surface area (Å²) in [6.07, 6.45) is 5.04. The number of hydrogen-bond donors (Lipinski definition) is 2. The number of halogens is 2. The molecule has 4 heterocycles. The van der Waals surface area contributed by atoms with Crippen LogP contribution in [0.5, 0.6) is 5.75 Å². The number of aryl methyl sites for hydroxylation is 1. The van der Waals surface area contributed by atoms with Crippen molar-refractivity contribution in [2.45, 2.75) is 72.1 Å². The first kappa shape index (κ1) is 32.4. The molecule has 0 amide bonds. The number of nitrogens with two attached hydrogens (primary N) is 1. The van der Waals surface area contributed by atoms with Gasteiger partial charge in [-0.2, -0.15) is 0 Å². The van der Waals surface area contributed by atoms with Crippen LogP contribution in [0.2, 0.25) is 0 Å². The Bertz CT molecular complexity index is 1290. The molecule has 226 valence electrons. The molecular weight excluding hydrogens is 530 g/mol. The van der Waals surface area contributed by atoms with Gasteiger partial charge in [0.05, 0.1) is 37.1 Å². The Morgan fingerprint density at radius 1 is 1.10 bits per heavy atom. The van der Waals surface area contributed by atoms with Crippen LogP contribution in [0.1, 0.15) is 52.5 Å². The van der Waals surface area contributed by atoms with Crippen LogP contribution >= 0.6 is 0 Å². The molecule has 2 saturated heterocycles. The molecule has 0 spiro atoms. The molecule has 3 aromatic rings. The van der Waals surface area contributed by atoms with E-state index in [1.54, 1.807) is 26.3 Å². The van der Waals surface area contributed by atoms with Crippen LogP contribution in [0.3, 0.4) is 0 Å². The number of unbranched alkanes of at least 4 members (excludes halogenated alkanes) is 1. The van der Waals surface area contributed by atoms with Gasteiger partial charge in [0.1, 0.15) is 11.3 Å². The highest BCUT2D eigenvalue weighted by Crippen LogP contribution is 2.37. The van der Waals surface area contributed by atoms with E-state index in [0.717, 1.165) is 6.42 Å². The van der Waals surface area contributed by atoms with E-state index in [1.807, 2.05) is 18.7 Å². The summed E-state index contributed by atoms with van der Waals surface area (Å²) in [4.78, 5) is 15.8. The van der Waals surface area contributed by atoms with E-state index in [4.69, 9.17) is 24.9 Å². The van der Waals surface area contributed by atoms with Crippen LogP contribution in [0, 0.1) is 18.6 Å². The smallest absolute Gasteiger partial charge is 0.223 e. The zero-order valence-corrected chi connectivity index (χ0v) is 25.3. The van der Waals surface area contributed by atoms with E-state index >= 15 is 8.78 Å². The van der Waals surface area contributed by atoms with Gasteiger partial charge in [-0.1, -0.05) is 40.5 Å².